The maximum absolute atomic E-state index is 11.4. The van der Waals surface area contributed by atoms with Crippen LogP contribution >= 0.6 is 16.5 Å². The van der Waals surface area contributed by atoms with Gasteiger partial charge in [-0.15, -0.1) is 9.79 Å². The second kappa shape index (κ2) is 12.3. The molecule has 0 saturated carbocycles. The third kappa shape index (κ3) is 7.27. The number of phenolic OH excluding ortho intramolecular Hbond substituents is 2. The molecule has 32 heavy (non-hydrogen) atoms. The van der Waals surface area contributed by atoms with Gasteiger partial charge >= 0.3 is 16.5 Å². The molecule has 2 rings (SSSR count). The number of para-hydroxylation sites is 2. The molecule has 0 saturated heterocycles. The highest BCUT2D eigenvalue weighted by molar-refractivity contribution is 7.32. The fourth-order valence-corrected chi connectivity index (χ4v) is 4.00. The average Bonchev–Trinajstić information content (AvgIpc) is 2.75. The monoisotopic (exact) mass is 486 g/mol. The molecule has 6 N–H and O–H groups in total. The molecule has 4 atom stereocenters. The summed E-state index contributed by atoms with van der Waals surface area (Å²) in [5.41, 5.74) is -0.188. The van der Waals surface area contributed by atoms with E-state index in [1.54, 1.807) is 36.4 Å². The number of hydrogen-bond acceptors (Lipinski definition) is 8. The first-order valence-corrected chi connectivity index (χ1v) is 12.2. The van der Waals surface area contributed by atoms with E-state index in [1.165, 1.54) is 12.1 Å². The Bertz CT molecular complexity index is 926. The minimum atomic E-state index is -2.99. The lowest BCUT2D eigenvalue weighted by molar-refractivity contribution is 0.0835. The topological polar surface area (TPSA) is 158 Å². The summed E-state index contributed by atoms with van der Waals surface area (Å²) in [6, 6.07) is 12.6. The number of nitrogens with one attached hydrogen (secondary N) is 2. The van der Waals surface area contributed by atoms with Crippen molar-refractivity contribution in [2.45, 2.75) is 44.7 Å². The van der Waals surface area contributed by atoms with Crippen molar-refractivity contribution < 1.29 is 38.2 Å². The summed E-state index contributed by atoms with van der Waals surface area (Å²) in [5, 5.41) is 26.6. The maximum Gasteiger partial charge on any atom is 0.696 e. The first kappa shape index (κ1) is 26.3. The highest BCUT2D eigenvalue weighted by Crippen LogP contribution is 2.35. The summed E-state index contributed by atoms with van der Waals surface area (Å²) in [6.45, 7) is 3.95. The van der Waals surface area contributed by atoms with E-state index in [4.69, 9.17) is 9.05 Å². The molecule has 0 aromatic heterocycles. The van der Waals surface area contributed by atoms with Gasteiger partial charge in [-0.1, -0.05) is 59.3 Å². The predicted molar refractivity (Wildman–Crippen MR) is 118 cm³/mol. The lowest BCUT2D eigenvalue weighted by atomic mass is 9.91. The van der Waals surface area contributed by atoms with Crippen molar-refractivity contribution in [2.24, 2.45) is 0 Å². The van der Waals surface area contributed by atoms with E-state index >= 15 is 0 Å². The smallest absolute Gasteiger partial charge is 0.508 e. The lowest BCUT2D eigenvalue weighted by Crippen LogP contribution is -2.53. The largest absolute Gasteiger partial charge is 0.696 e. The van der Waals surface area contributed by atoms with Crippen LogP contribution in [0.15, 0.2) is 48.5 Å². The molecule has 0 aliphatic carbocycles. The van der Waals surface area contributed by atoms with Gasteiger partial charge in [0.2, 0.25) is 0 Å². The second-order valence-electron chi connectivity index (χ2n) is 7.08. The molecule has 2 aromatic rings. The highest BCUT2D eigenvalue weighted by Gasteiger charge is 2.37. The van der Waals surface area contributed by atoms with E-state index in [2.05, 4.69) is 10.6 Å². The molecule has 10 nitrogen and oxygen atoms in total. The molecule has 0 fully saturated rings. The Hall–Kier alpha value is -2.00. The van der Waals surface area contributed by atoms with Crippen molar-refractivity contribution in [3.05, 3.63) is 59.7 Å². The molecule has 174 valence electrons. The van der Waals surface area contributed by atoms with Crippen LogP contribution in [0.1, 0.15) is 50.3 Å². The first-order valence-electron chi connectivity index (χ1n) is 9.94. The highest BCUT2D eigenvalue weighted by atomic mass is 31.1. The van der Waals surface area contributed by atoms with Crippen LogP contribution in [0, 0.1) is 0 Å². The molecule has 12 heteroatoms. The normalized spacial score (nSPS) is 14.6. The summed E-state index contributed by atoms with van der Waals surface area (Å²) in [4.78, 5) is 18.6. The Kier molecular flexibility index (Phi) is 10.1. The van der Waals surface area contributed by atoms with Crippen molar-refractivity contribution in [1.82, 2.24) is 10.6 Å². The van der Waals surface area contributed by atoms with Gasteiger partial charge < -0.3 is 10.2 Å². The molecular formula is C20H28N2O8P2+2. The van der Waals surface area contributed by atoms with Gasteiger partial charge in [-0.05, 0) is 25.0 Å². The molecule has 0 radical (unpaired) electrons. The number of rotatable bonds is 13. The van der Waals surface area contributed by atoms with Crippen LogP contribution in [0.4, 0.5) is 0 Å². The molecule has 0 aliphatic heterocycles. The minimum absolute atomic E-state index is 0.108. The Morgan fingerprint density at radius 2 is 1.28 bits per heavy atom. The average molecular weight is 486 g/mol. The van der Waals surface area contributed by atoms with Crippen molar-refractivity contribution in [2.75, 3.05) is 6.54 Å². The number of phenols is 2. The zero-order chi connectivity index (χ0) is 23.7. The second-order valence-corrected chi connectivity index (χ2v) is 8.45. The molecule has 2 aromatic carbocycles. The van der Waals surface area contributed by atoms with Crippen molar-refractivity contribution in [3.8, 4) is 11.5 Å². The van der Waals surface area contributed by atoms with Gasteiger partial charge in [0.05, 0.1) is 0 Å². The van der Waals surface area contributed by atoms with Gasteiger partial charge in [-0.2, -0.15) is 0 Å². The van der Waals surface area contributed by atoms with Crippen molar-refractivity contribution >= 4 is 16.5 Å². The Labute approximate surface area is 188 Å². The zero-order valence-electron chi connectivity index (χ0n) is 17.7. The standard InChI is InChI=1S/C20H26N2O8P2/c1-3-20(4-2,22-19(30-32(27)28)15-10-6-8-12-17(15)24)13-21-18(29-31(25)26)14-9-5-7-11-16(14)23/h5-12,18-19,21-22H,3-4,13H2,1-2H3,(H2-2,23,24,25,26,27,28)/p+2. The Morgan fingerprint density at radius 3 is 1.72 bits per heavy atom. The summed E-state index contributed by atoms with van der Waals surface area (Å²) >= 11 is 0. The van der Waals surface area contributed by atoms with E-state index in [0.29, 0.717) is 12.8 Å². The number of benzene rings is 2. The lowest BCUT2D eigenvalue weighted by Gasteiger charge is -2.36. The fourth-order valence-electron chi connectivity index (χ4n) is 3.29. The summed E-state index contributed by atoms with van der Waals surface area (Å²) in [6.07, 6.45) is -1.16. The fraction of sp³-hybridized carbons (Fsp3) is 0.400. The molecule has 0 amide bonds. The third-order valence-electron chi connectivity index (χ3n) is 5.25. The van der Waals surface area contributed by atoms with Gasteiger partial charge in [0.25, 0.3) is 0 Å². The zero-order valence-corrected chi connectivity index (χ0v) is 19.5. The summed E-state index contributed by atoms with van der Waals surface area (Å²) in [7, 11) is -5.96. The van der Waals surface area contributed by atoms with Crippen molar-refractivity contribution in [1.29, 1.82) is 0 Å². The molecule has 0 spiro atoms. The van der Waals surface area contributed by atoms with E-state index in [0.717, 1.165) is 0 Å². The Morgan fingerprint density at radius 1 is 0.844 bits per heavy atom. The van der Waals surface area contributed by atoms with Gasteiger partial charge in [-0.3, -0.25) is 10.6 Å². The van der Waals surface area contributed by atoms with Crippen molar-refractivity contribution in [3.63, 3.8) is 0 Å². The first-order chi connectivity index (χ1) is 15.2. The van der Waals surface area contributed by atoms with Gasteiger partial charge in [0.1, 0.15) is 11.5 Å². The third-order valence-corrected chi connectivity index (χ3v) is 6.03. The van der Waals surface area contributed by atoms with Gasteiger partial charge in [0, 0.05) is 32.3 Å². The van der Waals surface area contributed by atoms with Crippen LogP contribution in [0.2, 0.25) is 0 Å². The van der Waals surface area contributed by atoms with Gasteiger partial charge in [-0.25, -0.2) is 0 Å². The summed E-state index contributed by atoms with van der Waals surface area (Å²) in [5.74, 6) is -0.218. The van der Waals surface area contributed by atoms with E-state index < -0.39 is 34.5 Å². The Balaban J connectivity index is 2.30. The molecule has 0 heterocycles. The maximum atomic E-state index is 11.4. The quantitative estimate of drug-likeness (QED) is 0.181. The molecule has 0 aliphatic rings. The van der Waals surface area contributed by atoms with E-state index in [1.807, 2.05) is 13.8 Å². The predicted octanol–water partition coefficient (Wildman–Crippen LogP) is 3.87. The summed E-state index contributed by atoms with van der Waals surface area (Å²) < 4.78 is 33.0. The number of hydrogen-bond donors (Lipinski definition) is 6. The van der Waals surface area contributed by atoms with Crippen LogP contribution < -0.4 is 10.6 Å². The van der Waals surface area contributed by atoms with Gasteiger partial charge in [0.15, 0.2) is 12.5 Å². The van der Waals surface area contributed by atoms with Crippen LogP contribution in [0.25, 0.3) is 0 Å². The van der Waals surface area contributed by atoms with Crippen LogP contribution in [-0.2, 0) is 18.2 Å². The SMILES string of the molecule is CCC(CC)(CNC(O[P+](=O)O)c1ccccc1O)NC(O[P+](=O)O)c1ccccc1O. The van der Waals surface area contributed by atoms with Crippen LogP contribution in [-0.4, -0.2) is 32.1 Å². The minimum Gasteiger partial charge on any atom is -0.508 e. The number of aromatic hydroxyl groups is 2. The molecular weight excluding hydrogens is 458 g/mol. The molecule has 0 bridgehead atoms. The van der Waals surface area contributed by atoms with Crippen LogP contribution in [0.3, 0.4) is 0 Å². The molecule has 4 unspecified atom stereocenters. The van der Waals surface area contributed by atoms with Crippen LogP contribution in [0.5, 0.6) is 11.5 Å². The van der Waals surface area contributed by atoms with E-state index in [9.17, 15) is 29.1 Å². The van der Waals surface area contributed by atoms with E-state index in [-0.39, 0.29) is 29.2 Å².